The highest BCUT2D eigenvalue weighted by Crippen LogP contribution is 2.26. The number of carbonyl (C=O) groups excluding carboxylic acids is 1. The first-order valence-corrected chi connectivity index (χ1v) is 10.0. The van der Waals surface area contributed by atoms with Gasteiger partial charge in [0.15, 0.2) is 0 Å². The number of benzene rings is 3. The van der Waals surface area contributed by atoms with Gasteiger partial charge in [0.05, 0.1) is 5.69 Å². The Morgan fingerprint density at radius 2 is 1.61 bits per heavy atom. The Morgan fingerprint density at radius 3 is 2.39 bits per heavy atom. The van der Waals surface area contributed by atoms with Crippen LogP contribution in [0.4, 0.5) is 5.69 Å². The van der Waals surface area contributed by atoms with Crippen LogP contribution in [0.15, 0.2) is 97.5 Å². The van der Waals surface area contributed by atoms with Crippen LogP contribution >= 0.6 is 0 Å². The van der Waals surface area contributed by atoms with E-state index in [1.54, 1.807) is 6.20 Å². The number of anilines is 1. The molecule has 0 radical (unpaired) electrons. The highest BCUT2D eigenvalue weighted by atomic mass is 16.1. The zero-order valence-electron chi connectivity index (χ0n) is 17.0. The molecule has 0 saturated heterocycles. The molecule has 0 spiro atoms. The molecule has 0 saturated carbocycles. The zero-order valence-corrected chi connectivity index (χ0v) is 17.0. The molecule has 0 unspecified atom stereocenters. The first kappa shape index (κ1) is 18.8. The van der Waals surface area contributed by atoms with Gasteiger partial charge in [-0.15, -0.1) is 0 Å². The third-order valence-electron chi connectivity index (χ3n) is 5.27. The summed E-state index contributed by atoms with van der Waals surface area (Å²) >= 11 is 0. The van der Waals surface area contributed by atoms with Crippen molar-refractivity contribution in [3.63, 3.8) is 0 Å². The van der Waals surface area contributed by atoms with Gasteiger partial charge in [-0.3, -0.25) is 9.20 Å². The predicted octanol–water partition coefficient (Wildman–Crippen LogP) is 5.62. The largest absolute Gasteiger partial charge is 0.322 e. The lowest BCUT2D eigenvalue weighted by atomic mass is 10.0. The molecule has 0 bridgehead atoms. The van der Waals surface area contributed by atoms with Gasteiger partial charge in [0.1, 0.15) is 0 Å². The number of amides is 1. The number of rotatable bonds is 4. The minimum Gasteiger partial charge on any atom is -0.322 e. The normalized spacial score (nSPS) is 10.9. The summed E-state index contributed by atoms with van der Waals surface area (Å²) in [6, 6.07) is 25.6. The number of hydrogen-bond donors (Lipinski definition) is 1. The van der Waals surface area contributed by atoms with Crippen molar-refractivity contribution in [3.05, 3.63) is 109 Å². The Balaban J connectivity index is 1.39. The van der Waals surface area contributed by atoms with Crippen molar-refractivity contribution in [2.75, 3.05) is 5.32 Å². The van der Waals surface area contributed by atoms with E-state index in [9.17, 15) is 4.79 Å². The van der Waals surface area contributed by atoms with E-state index in [-0.39, 0.29) is 5.91 Å². The molecule has 0 aliphatic rings. The third kappa shape index (κ3) is 3.81. The molecule has 150 valence electrons. The summed E-state index contributed by atoms with van der Waals surface area (Å²) in [7, 11) is 0. The Hall–Kier alpha value is -4.25. The standard InChI is InChI=1S/C26H20N4O/c1-18-8-9-22(24-17-30-15-5-14-27-26(30)29-24)16-23(18)28-25(31)21-12-10-20(11-13-21)19-6-3-2-4-7-19/h2-17H,1H3,(H,28,31). The lowest BCUT2D eigenvalue weighted by Crippen LogP contribution is -2.12. The van der Waals surface area contributed by atoms with Gasteiger partial charge >= 0.3 is 0 Å². The van der Waals surface area contributed by atoms with Crippen LogP contribution in [0.3, 0.4) is 0 Å². The number of carbonyl (C=O) groups is 1. The maximum atomic E-state index is 12.9. The molecule has 0 atom stereocenters. The molecule has 2 aromatic heterocycles. The molecular formula is C26H20N4O. The van der Waals surface area contributed by atoms with Crippen LogP contribution in [0.25, 0.3) is 28.2 Å². The van der Waals surface area contributed by atoms with Crippen LogP contribution < -0.4 is 5.32 Å². The number of aromatic nitrogens is 3. The van der Waals surface area contributed by atoms with E-state index in [4.69, 9.17) is 0 Å². The average Bonchev–Trinajstić information content (AvgIpc) is 3.25. The molecule has 5 aromatic rings. The number of aryl methyl sites for hydroxylation is 1. The van der Waals surface area contributed by atoms with Crippen molar-refractivity contribution >= 4 is 17.4 Å². The van der Waals surface area contributed by atoms with E-state index in [0.29, 0.717) is 11.3 Å². The number of hydrogen-bond acceptors (Lipinski definition) is 3. The molecule has 0 fully saturated rings. The number of nitrogens with zero attached hydrogens (tertiary/aromatic N) is 3. The van der Waals surface area contributed by atoms with E-state index in [1.807, 2.05) is 90.4 Å². The first-order chi connectivity index (χ1) is 15.2. The first-order valence-electron chi connectivity index (χ1n) is 10.0. The minimum absolute atomic E-state index is 0.142. The smallest absolute Gasteiger partial charge is 0.255 e. The van der Waals surface area contributed by atoms with E-state index in [1.165, 1.54) is 0 Å². The minimum atomic E-state index is -0.142. The summed E-state index contributed by atoms with van der Waals surface area (Å²) in [5.41, 5.74) is 6.30. The maximum absolute atomic E-state index is 12.9. The van der Waals surface area contributed by atoms with Crippen molar-refractivity contribution in [1.82, 2.24) is 14.4 Å². The van der Waals surface area contributed by atoms with Crippen molar-refractivity contribution in [3.8, 4) is 22.4 Å². The van der Waals surface area contributed by atoms with Gasteiger partial charge in [-0.05, 0) is 47.9 Å². The summed E-state index contributed by atoms with van der Waals surface area (Å²) in [6.07, 6.45) is 5.56. The third-order valence-corrected chi connectivity index (χ3v) is 5.27. The van der Waals surface area contributed by atoms with E-state index >= 15 is 0 Å². The van der Waals surface area contributed by atoms with Crippen LogP contribution in [0.1, 0.15) is 15.9 Å². The highest BCUT2D eigenvalue weighted by molar-refractivity contribution is 6.05. The molecule has 2 heterocycles. The molecule has 5 heteroatoms. The summed E-state index contributed by atoms with van der Waals surface area (Å²) in [4.78, 5) is 21.7. The summed E-state index contributed by atoms with van der Waals surface area (Å²) in [6.45, 7) is 1.98. The van der Waals surface area contributed by atoms with Gasteiger partial charge in [-0.2, -0.15) is 0 Å². The summed E-state index contributed by atoms with van der Waals surface area (Å²) in [5.74, 6) is 0.499. The zero-order chi connectivity index (χ0) is 21.2. The average molecular weight is 404 g/mol. The monoisotopic (exact) mass is 404 g/mol. The fourth-order valence-electron chi connectivity index (χ4n) is 3.52. The van der Waals surface area contributed by atoms with Gasteiger partial charge in [-0.25, -0.2) is 9.97 Å². The van der Waals surface area contributed by atoms with Crippen LogP contribution in [0, 0.1) is 6.92 Å². The molecule has 1 amide bonds. The van der Waals surface area contributed by atoms with Gasteiger partial charge < -0.3 is 5.32 Å². The summed E-state index contributed by atoms with van der Waals surface area (Å²) in [5, 5.41) is 3.04. The fraction of sp³-hybridized carbons (Fsp3) is 0.0385. The Morgan fingerprint density at radius 1 is 0.871 bits per heavy atom. The predicted molar refractivity (Wildman–Crippen MR) is 123 cm³/mol. The molecule has 5 nitrogen and oxygen atoms in total. The quantitative estimate of drug-likeness (QED) is 0.423. The van der Waals surface area contributed by atoms with Crippen LogP contribution in [0.2, 0.25) is 0 Å². The second kappa shape index (κ2) is 7.88. The van der Waals surface area contributed by atoms with Crippen molar-refractivity contribution in [1.29, 1.82) is 0 Å². The van der Waals surface area contributed by atoms with Crippen molar-refractivity contribution in [2.45, 2.75) is 6.92 Å². The Bertz CT molecular complexity index is 1340. The van der Waals surface area contributed by atoms with Crippen LogP contribution in [0.5, 0.6) is 0 Å². The van der Waals surface area contributed by atoms with E-state index in [2.05, 4.69) is 27.4 Å². The molecule has 5 rings (SSSR count). The summed E-state index contributed by atoms with van der Waals surface area (Å²) < 4.78 is 1.88. The molecule has 1 N–H and O–H groups in total. The van der Waals surface area contributed by atoms with Gasteiger partial charge in [0.25, 0.3) is 5.91 Å². The molecule has 31 heavy (non-hydrogen) atoms. The SMILES string of the molecule is Cc1ccc(-c2cn3cccnc3n2)cc1NC(=O)c1ccc(-c2ccccc2)cc1. The van der Waals surface area contributed by atoms with Gasteiger partial charge in [-0.1, -0.05) is 54.6 Å². The molecule has 0 aliphatic heterocycles. The number of fused-ring (bicyclic) bond motifs is 1. The molecule has 0 aliphatic carbocycles. The Kier molecular flexibility index (Phi) is 4.77. The lowest BCUT2D eigenvalue weighted by Gasteiger charge is -2.10. The fourth-order valence-corrected chi connectivity index (χ4v) is 3.52. The number of nitrogens with one attached hydrogen (secondary N) is 1. The van der Waals surface area contributed by atoms with E-state index in [0.717, 1.165) is 33.6 Å². The van der Waals surface area contributed by atoms with Crippen LogP contribution in [-0.4, -0.2) is 20.3 Å². The van der Waals surface area contributed by atoms with Gasteiger partial charge in [0, 0.05) is 35.4 Å². The van der Waals surface area contributed by atoms with Crippen molar-refractivity contribution < 1.29 is 4.79 Å². The second-order valence-corrected chi connectivity index (χ2v) is 7.38. The lowest BCUT2D eigenvalue weighted by molar-refractivity contribution is 0.102. The van der Waals surface area contributed by atoms with Crippen molar-refractivity contribution in [2.24, 2.45) is 0 Å². The highest BCUT2D eigenvalue weighted by Gasteiger charge is 2.11. The molecule has 3 aromatic carbocycles. The van der Waals surface area contributed by atoms with E-state index < -0.39 is 0 Å². The number of imidazole rings is 1. The second-order valence-electron chi connectivity index (χ2n) is 7.38. The molecular weight excluding hydrogens is 384 g/mol. The topological polar surface area (TPSA) is 59.3 Å². The maximum Gasteiger partial charge on any atom is 0.255 e. The Labute approximate surface area is 180 Å². The van der Waals surface area contributed by atoms with Crippen LogP contribution in [-0.2, 0) is 0 Å². The van der Waals surface area contributed by atoms with Gasteiger partial charge in [0.2, 0.25) is 5.78 Å².